The van der Waals surface area contributed by atoms with Crippen molar-refractivity contribution in [3.05, 3.63) is 59.7 Å². The van der Waals surface area contributed by atoms with Gasteiger partial charge < -0.3 is 9.88 Å². The van der Waals surface area contributed by atoms with E-state index in [4.69, 9.17) is 0 Å². The Morgan fingerprint density at radius 2 is 1.81 bits per heavy atom. The summed E-state index contributed by atoms with van der Waals surface area (Å²) in [5.74, 6) is -0.0666. The van der Waals surface area contributed by atoms with Crippen molar-refractivity contribution in [1.82, 2.24) is 14.9 Å². The van der Waals surface area contributed by atoms with Gasteiger partial charge in [0.1, 0.15) is 0 Å². The van der Waals surface area contributed by atoms with Crippen LogP contribution < -0.4 is 10.6 Å². The highest BCUT2D eigenvalue weighted by molar-refractivity contribution is 6.00. The van der Waals surface area contributed by atoms with Gasteiger partial charge in [-0.1, -0.05) is 37.3 Å². The molecular weight excluding hydrogens is 328 g/mol. The number of para-hydroxylation sites is 2. The van der Waals surface area contributed by atoms with Crippen LogP contribution in [0.25, 0.3) is 11.0 Å². The van der Waals surface area contributed by atoms with Crippen LogP contribution in [0.2, 0.25) is 0 Å². The fourth-order valence-electron chi connectivity index (χ4n) is 2.87. The van der Waals surface area contributed by atoms with Gasteiger partial charge in [-0.05, 0) is 37.1 Å². The maximum Gasteiger partial charge on any atom is 0.251 e. The Labute approximate surface area is 152 Å². The predicted molar refractivity (Wildman–Crippen MR) is 102 cm³/mol. The first-order chi connectivity index (χ1) is 12.6. The lowest BCUT2D eigenvalue weighted by Crippen LogP contribution is -2.33. The number of hydrogen-bond donors (Lipinski definition) is 2. The second-order valence-corrected chi connectivity index (χ2v) is 6.12. The van der Waals surface area contributed by atoms with E-state index in [2.05, 4.69) is 22.5 Å². The van der Waals surface area contributed by atoms with Gasteiger partial charge in [0.05, 0.1) is 17.6 Å². The lowest BCUT2D eigenvalue weighted by molar-refractivity contribution is -0.115. The number of amides is 2. The molecule has 0 radical (unpaired) electrons. The fourth-order valence-corrected chi connectivity index (χ4v) is 2.87. The second-order valence-electron chi connectivity index (χ2n) is 6.12. The Morgan fingerprint density at radius 1 is 1.08 bits per heavy atom. The first-order valence-electron chi connectivity index (χ1n) is 8.69. The van der Waals surface area contributed by atoms with Gasteiger partial charge in [0.25, 0.3) is 5.91 Å². The summed E-state index contributed by atoms with van der Waals surface area (Å²) in [4.78, 5) is 29.0. The van der Waals surface area contributed by atoms with Gasteiger partial charge in [-0.2, -0.15) is 0 Å². The summed E-state index contributed by atoms with van der Waals surface area (Å²) in [6.45, 7) is 4.58. The van der Waals surface area contributed by atoms with Crippen LogP contribution in [-0.4, -0.2) is 27.9 Å². The van der Waals surface area contributed by atoms with Crippen molar-refractivity contribution in [2.24, 2.45) is 0 Å². The van der Waals surface area contributed by atoms with E-state index in [1.807, 2.05) is 47.9 Å². The van der Waals surface area contributed by atoms with Gasteiger partial charge in [0.15, 0.2) is 0 Å². The minimum Gasteiger partial charge on any atom is -0.343 e. The standard InChI is InChI=1S/C20H22N4O2/c1-3-12-24-17-11-7-6-10-16(17)22-20(24)23-18(25)13-21-19(26)15-9-5-4-8-14(15)2/h4-11H,3,12-13H2,1-2H3,(H,21,26)(H,22,23,25). The molecule has 0 bridgehead atoms. The minimum absolute atomic E-state index is 0.109. The smallest absolute Gasteiger partial charge is 0.251 e. The number of rotatable bonds is 6. The van der Waals surface area contributed by atoms with Crippen molar-refractivity contribution < 1.29 is 9.59 Å². The first kappa shape index (κ1) is 17.7. The second kappa shape index (κ2) is 7.82. The zero-order valence-corrected chi connectivity index (χ0v) is 15.0. The number of imidazole rings is 1. The maximum atomic E-state index is 12.3. The molecule has 6 heteroatoms. The van der Waals surface area contributed by atoms with Crippen molar-refractivity contribution in [3.63, 3.8) is 0 Å². The molecule has 0 aliphatic carbocycles. The number of fused-ring (bicyclic) bond motifs is 1. The molecule has 26 heavy (non-hydrogen) atoms. The van der Waals surface area contributed by atoms with Crippen LogP contribution in [0, 0.1) is 6.92 Å². The van der Waals surface area contributed by atoms with Crippen LogP contribution in [0.4, 0.5) is 5.95 Å². The average molecular weight is 350 g/mol. The Bertz CT molecular complexity index is 946. The third-order valence-corrected chi connectivity index (χ3v) is 4.15. The Balaban J connectivity index is 1.68. The number of anilines is 1. The molecule has 0 aliphatic rings. The molecule has 6 nitrogen and oxygen atoms in total. The molecule has 1 aromatic heterocycles. The highest BCUT2D eigenvalue weighted by Gasteiger charge is 2.14. The number of aryl methyl sites for hydroxylation is 2. The van der Waals surface area contributed by atoms with Crippen LogP contribution in [0.1, 0.15) is 29.3 Å². The van der Waals surface area contributed by atoms with E-state index in [0.717, 1.165) is 29.6 Å². The van der Waals surface area contributed by atoms with Crippen molar-refractivity contribution in [3.8, 4) is 0 Å². The van der Waals surface area contributed by atoms with Crippen LogP contribution in [0.3, 0.4) is 0 Å². The molecule has 0 saturated heterocycles. The molecule has 3 aromatic rings. The lowest BCUT2D eigenvalue weighted by atomic mass is 10.1. The van der Waals surface area contributed by atoms with Gasteiger partial charge in [0, 0.05) is 12.1 Å². The van der Waals surface area contributed by atoms with Crippen molar-refractivity contribution in [2.45, 2.75) is 26.8 Å². The summed E-state index contributed by atoms with van der Waals surface area (Å²) in [5, 5.41) is 5.46. The third kappa shape index (κ3) is 3.74. The van der Waals surface area contributed by atoms with Gasteiger partial charge >= 0.3 is 0 Å². The SMILES string of the molecule is CCCn1c(NC(=O)CNC(=O)c2ccccc2C)nc2ccccc21. The van der Waals surface area contributed by atoms with Crippen LogP contribution in [0.5, 0.6) is 0 Å². The molecule has 2 aromatic carbocycles. The summed E-state index contributed by atoms with van der Waals surface area (Å²) in [7, 11) is 0. The van der Waals surface area contributed by atoms with E-state index in [1.54, 1.807) is 12.1 Å². The number of hydrogen-bond acceptors (Lipinski definition) is 3. The van der Waals surface area contributed by atoms with E-state index < -0.39 is 0 Å². The van der Waals surface area contributed by atoms with Crippen molar-refractivity contribution in [1.29, 1.82) is 0 Å². The van der Waals surface area contributed by atoms with Crippen LogP contribution in [0.15, 0.2) is 48.5 Å². The van der Waals surface area contributed by atoms with E-state index >= 15 is 0 Å². The summed E-state index contributed by atoms with van der Waals surface area (Å²) in [6, 6.07) is 15.0. The average Bonchev–Trinajstić information content (AvgIpc) is 2.98. The Hall–Kier alpha value is -3.15. The zero-order chi connectivity index (χ0) is 18.5. The number of nitrogens with one attached hydrogen (secondary N) is 2. The molecule has 3 rings (SSSR count). The molecule has 0 saturated carbocycles. The van der Waals surface area contributed by atoms with E-state index in [-0.39, 0.29) is 18.4 Å². The van der Waals surface area contributed by atoms with E-state index in [0.29, 0.717) is 11.5 Å². The van der Waals surface area contributed by atoms with Crippen molar-refractivity contribution >= 4 is 28.8 Å². The van der Waals surface area contributed by atoms with E-state index in [1.165, 1.54) is 0 Å². The summed E-state index contributed by atoms with van der Waals surface area (Å²) in [6.07, 6.45) is 0.924. The van der Waals surface area contributed by atoms with Gasteiger partial charge in [-0.15, -0.1) is 0 Å². The summed E-state index contributed by atoms with van der Waals surface area (Å²) < 4.78 is 1.98. The quantitative estimate of drug-likeness (QED) is 0.717. The number of carbonyl (C=O) groups excluding carboxylic acids is 2. The van der Waals surface area contributed by atoms with Crippen molar-refractivity contribution in [2.75, 3.05) is 11.9 Å². The molecular formula is C20H22N4O2. The predicted octanol–water partition coefficient (Wildman–Crippen LogP) is 3.12. The monoisotopic (exact) mass is 350 g/mol. The van der Waals surface area contributed by atoms with Crippen LogP contribution in [-0.2, 0) is 11.3 Å². The zero-order valence-electron chi connectivity index (χ0n) is 15.0. The molecule has 134 valence electrons. The molecule has 2 amide bonds. The molecule has 1 heterocycles. The fraction of sp³-hybridized carbons (Fsp3) is 0.250. The third-order valence-electron chi connectivity index (χ3n) is 4.15. The van der Waals surface area contributed by atoms with Gasteiger partial charge in [0.2, 0.25) is 11.9 Å². The highest BCUT2D eigenvalue weighted by atomic mass is 16.2. The summed E-state index contributed by atoms with van der Waals surface area (Å²) >= 11 is 0. The summed E-state index contributed by atoms with van der Waals surface area (Å²) in [5.41, 5.74) is 3.25. The number of benzene rings is 2. The molecule has 2 N–H and O–H groups in total. The van der Waals surface area contributed by atoms with Crippen LogP contribution >= 0.6 is 0 Å². The van der Waals surface area contributed by atoms with Gasteiger partial charge in [-0.25, -0.2) is 4.98 Å². The number of aromatic nitrogens is 2. The first-order valence-corrected chi connectivity index (χ1v) is 8.69. The highest BCUT2D eigenvalue weighted by Crippen LogP contribution is 2.19. The topological polar surface area (TPSA) is 76.0 Å². The Kier molecular flexibility index (Phi) is 5.31. The molecule has 0 atom stereocenters. The molecule has 0 spiro atoms. The van der Waals surface area contributed by atoms with E-state index in [9.17, 15) is 9.59 Å². The molecule has 0 fully saturated rings. The number of nitrogens with zero attached hydrogens (tertiary/aromatic N) is 2. The largest absolute Gasteiger partial charge is 0.343 e. The minimum atomic E-state index is -0.306. The normalized spacial score (nSPS) is 10.7. The maximum absolute atomic E-state index is 12.3. The number of carbonyl (C=O) groups is 2. The Morgan fingerprint density at radius 3 is 2.58 bits per heavy atom. The molecule has 0 unspecified atom stereocenters. The molecule has 0 aliphatic heterocycles. The lowest BCUT2D eigenvalue weighted by Gasteiger charge is -2.10. The van der Waals surface area contributed by atoms with Gasteiger partial charge in [-0.3, -0.25) is 14.9 Å².